The molecular formula is C23H27FN4O3S. The second-order valence-corrected chi connectivity index (χ2v) is 9.08. The molecule has 0 unspecified atom stereocenters. The lowest BCUT2D eigenvalue weighted by Crippen LogP contribution is -2.37. The summed E-state index contributed by atoms with van der Waals surface area (Å²) in [5.74, 6) is 0.197. The topological polar surface area (TPSA) is 85.3 Å². The fourth-order valence-corrected chi connectivity index (χ4v) is 4.63. The van der Waals surface area contributed by atoms with E-state index in [1.165, 1.54) is 24.3 Å². The maximum Gasteiger partial charge on any atom is 0.180 e. The molecule has 0 aliphatic carbocycles. The van der Waals surface area contributed by atoms with E-state index in [0.29, 0.717) is 54.9 Å². The van der Waals surface area contributed by atoms with Gasteiger partial charge in [0.15, 0.2) is 15.7 Å². The predicted molar refractivity (Wildman–Crippen MR) is 122 cm³/mol. The van der Waals surface area contributed by atoms with Gasteiger partial charge in [-0.05, 0) is 29.8 Å². The molecule has 0 saturated carbocycles. The number of nitrogens with zero attached hydrogens (tertiary/aromatic N) is 4. The third kappa shape index (κ3) is 6.54. The molecule has 3 aromatic rings. The number of anilines is 1. The quantitative estimate of drug-likeness (QED) is 0.557. The Hall–Kier alpha value is -2.91. The van der Waals surface area contributed by atoms with Crippen molar-refractivity contribution in [2.45, 2.75) is 25.4 Å². The molecule has 0 spiro atoms. The largest absolute Gasteiger partial charge is 0.378 e. The van der Waals surface area contributed by atoms with E-state index in [1.54, 1.807) is 24.4 Å². The van der Waals surface area contributed by atoms with Crippen LogP contribution in [-0.2, 0) is 26.1 Å². The monoisotopic (exact) mass is 458 g/mol. The molecule has 0 N–H and O–H groups in total. The van der Waals surface area contributed by atoms with E-state index in [9.17, 15) is 12.8 Å². The van der Waals surface area contributed by atoms with Crippen LogP contribution in [0, 0.1) is 5.82 Å². The fourth-order valence-electron chi connectivity index (χ4n) is 3.23. The summed E-state index contributed by atoms with van der Waals surface area (Å²) >= 11 is 0. The molecule has 1 aliphatic heterocycles. The van der Waals surface area contributed by atoms with Crippen LogP contribution in [-0.4, -0.2) is 49.7 Å². The summed E-state index contributed by atoms with van der Waals surface area (Å²) in [5, 5.41) is 0. The van der Waals surface area contributed by atoms with Crippen LogP contribution in [0.2, 0.25) is 0 Å². The number of pyridine rings is 1. The molecule has 0 atom stereocenters. The van der Waals surface area contributed by atoms with Crippen molar-refractivity contribution < 1.29 is 17.5 Å². The van der Waals surface area contributed by atoms with Crippen molar-refractivity contribution in [2.75, 3.05) is 31.2 Å². The zero-order valence-corrected chi connectivity index (χ0v) is 19.1. The summed E-state index contributed by atoms with van der Waals surface area (Å²) in [6.07, 6.45) is 1.64. The molecule has 4 rings (SSSR count). The molecule has 1 fully saturated rings. The minimum Gasteiger partial charge on any atom is -0.378 e. The highest BCUT2D eigenvalue weighted by Gasteiger charge is 2.20. The number of morpholine rings is 1. The van der Waals surface area contributed by atoms with Crippen LogP contribution >= 0.6 is 0 Å². The van der Waals surface area contributed by atoms with Gasteiger partial charge >= 0.3 is 0 Å². The van der Waals surface area contributed by atoms with Crippen LogP contribution in [0.5, 0.6) is 0 Å². The Kier molecular flexibility index (Phi) is 8.24. The highest BCUT2D eigenvalue weighted by Crippen LogP contribution is 2.22. The van der Waals surface area contributed by atoms with Crippen molar-refractivity contribution in [2.24, 2.45) is 0 Å². The van der Waals surface area contributed by atoms with Gasteiger partial charge in [0, 0.05) is 25.4 Å². The second-order valence-electron chi connectivity index (χ2n) is 7.01. The number of hydrogen-bond donors (Lipinski definition) is 0. The summed E-state index contributed by atoms with van der Waals surface area (Å²) in [6.45, 7) is 6.50. The third-order valence-electron chi connectivity index (χ3n) is 4.66. The van der Waals surface area contributed by atoms with E-state index in [-0.39, 0.29) is 11.5 Å². The van der Waals surface area contributed by atoms with Crippen LogP contribution in [0.3, 0.4) is 0 Å². The van der Waals surface area contributed by atoms with Gasteiger partial charge in [0.2, 0.25) is 0 Å². The van der Waals surface area contributed by atoms with E-state index >= 15 is 0 Å². The van der Waals surface area contributed by atoms with Crippen LogP contribution in [0.1, 0.15) is 25.1 Å². The standard InChI is InChI=1S/C21H21FN4O3S.C2H6/c22-17-6-4-16(5-7-17)14-30(27,28)15-18-13-20(26-9-11-29-12-10-26)25-21(24-18)19-3-1-2-8-23-19;1-2/h1-8,13H,9-12,14-15H2;1-2H3. The van der Waals surface area contributed by atoms with Crippen LogP contribution in [0.25, 0.3) is 11.5 Å². The maximum absolute atomic E-state index is 13.1. The van der Waals surface area contributed by atoms with Gasteiger partial charge in [-0.2, -0.15) is 0 Å². The minimum absolute atomic E-state index is 0.191. The number of aromatic nitrogens is 3. The Morgan fingerprint density at radius 2 is 1.72 bits per heavy atom. The van der Waals surface area contributed by atoms with Gasteiger partial charge in [-0.1, -0.05) is 32.0 Å². The molecule has 1 aliphatic rings. The summed E-state index contributed by atoms with van der Waals surface area (Å²) in [5.41, 5.74) is 1.50. The number of sulfone groups is 1. The van der Waals surface area contributed by atoms with Crippen LogP contribution in [0.15, 0.2) is 54.7 Å². The summed E-state index contributed by atoms with van der Waals surface area (Å²) in [6, 6.07) is 12.6. The van der Waals surface area contributed by atoms with E-state index in [0.717, 1.165) is 0 Å². The zero-order chi connectivity index (χ0) is 23.0. The van der Waals surface area contributed by atoms with Crippen molar-refractivity contribution in [3.63, 3.8) is 0 Å². The van der Waals surface area contributed by atoms with Gasteiger partial charge in [-0.3, -0.25) is 4.98 Å². The van der Waals surface area contributed by atoms with E-state index in [1.807, 2.05) is 24.8 Å². The molecule has 0 amide bonds. The van der Waals surface area contributed by atoms with Gasteiger partial charge in [-0.15, -0.1) is 0 Å². The SMILES string of the molecule is CC.O=S(=O)(Cc1ccc(F)cc1)Cc1cc(N2CCOCC2)nc(-c2ccccn2)n1. The first-order valence-electron chi connectivity index (χ1n) is 10.6. The molecule has 3 heterocycles. The molecule has 0 bridgehead atoms. The Balaban J connectivity index is 0.00000141. The van der Waals surface area contributed by atoms with Crippen molar-refractivity contribution >= 4 is 15.7 Å². The molecular weight excluding hydrogens is 431 g/mol. The van der Waals surface area contributed by atoms with Crippen molar-refractivity contribution in [1.82, 2.24) is 15.0 Å². The fraction of sp³-hybridized carbons (Fsp3) is 0.348. The van der Waals surface area contributed by atoms with Crippen molar-refractivity contribution in [3.8, 4) is 11.5 Å². The molecule has 7 nitrogen and oxygen atoms in total. The Morgan fingerprint density at radius 3 is 2.38 bits per heavy atom. The maximum atomic E-state index is 13.1. The predicted octanol–water partition coefficient (Wildman–Crippen LogP) is 3.66. The van der Waals surface area contributed by atoms with Crippen molar-refractivity contribution in [3.05, 3.63) is 71.8 Å². The molecule has 2 aromatic heterocycles. The Morgan fingerprint density at radius 1 is 1.00 bits per heavy atom. The smallest absolute Gasteiger partial charge is 0.180 e. The van der Waals surface area contributed by atoms with Gasteiger partial charge < -0.3 is 9.64 Å². The molecule has 9 heteroatoms. The summed E-state index contributed by atoms with van der Waals surface area (Å²) in [7, 11) is -3.52. The number of benzene rings is 1. The molecule has 1 saturated heterocycles. The summed E-state index contributed by atoms with van der Waals surface area (Å²) < 4.78 is 44.1. The molecule has 1 aromatic carbocycles. The van der Waals surface area contributed by atoms with Crippen molar-refractivity contribution in [1.29, 1.82) is 0 Å². The lowest BCUT2D eigenvalue weighted by atomic mass is 10.2. The van der Waals surface area contributed by atoms with E-state index in [2.05, 4.69) is 15.0 Å². The molecule has 0 radical (unpaired) electrons. The van der Waals surface area contributed by atoms with Gasteiger partial charge in [-0.25, -0.2) is 22.8 Å². The van der Waals surface area contributed by atoms with Gasteiger partial charge in [0.25, 0.3) is 0 Å². The average molecular weight is 459 g/mol. The first-order chi connectivity index (χ1) is 15.5. The molecule has 32 heavy (non-hydrogen) atoms. The van der Waals surface area contributed by atoms with E-state index < -0.39 is 15.7 Å². The number of ether oxygens (including phenoxy) is 1. The Labute approximate surface area is 188 Å². The highest BCUT2D eigenvalue weighted by molar-refractivity contribution is 7.89. The lowest BCUT2D eigenvalue weighted by molar-refractivity contribution is 0.122. The Bertz CT molecular complexity index is 1100. The van der Waals surface area contributed by atoms with Gasteiger partial charge in [0.1, 0.15) is 17.3 Å². The zero-order valence-electron chi connectivity index (χ0n) is 18.2. The highest BCUT2D eigenvalue weighted by atomic mass is 32.2. The second kappa shape index (κ2) is 11.1. The average Bonchev–Trinajstić information content (AvgIpc) is 2.82. The normalized spacial score (nSPS) is 13.9. The third-order valence-corrected chi connectivity index (χ3v) is 6.17. The first kappa shape index (κ1) is 23.7. The number of hydrogen-bond acceptors (Lipinski definition) is 7. The number of halogens is 1. The first-order valence-corrected chi connectivity index (χ1v) is 12.4. The number of rotatable bonds is 6. The van der Waals surface area contributed by atoms with Crippen LogP contribution in [0.4, 0.5) is 10.2 Å². The minimum atomic E-state index is -3.52. The summed E-state index contributed by atoms with van der Waals surface area (Å²) in [4.78, 5) is 15.4. The lowest BCUT2D eigenvalue weighted by Gasteiger charge is -2.28. The van der Waals surface area contributed by atoms with Gasteiger partial charge in [0.05, 0.1) is 30.4 Å². The van der Waals surface area contributed by atoms with Crippen LogP contribution < -0.4 is 4.90 Å². The molecule has 170 valence electrons. The van der Waals surface area contributed by atoms with E-state index in [4.69, 9.17) is 4.74 Å².